The molecule has 0 aliphatic heterocycles. The van der Waals surface area contributed by atoms with Crippen LogP contribution in [0, 0.1) is 0 Å². The Morgan fingerprint density at radius 3 is 2.70 bits per heavy atom. The predicted molar refractivity (Wildman–Crippen MR) is 43.8 cm³/mol. The molecule has 0 aliphatic carbocycles. The van der Waals surface area contributed by atoms with E-state index in [1.807, 2.05) is 0 Å². The minimum absolute atomic E-state index is 0.357. The van der Waals surface area contributed by atoms with E-state index in [9.17, 15) is 4.21 Å². The summed E-state index contributed by atoms with van der Waals surface area (Å²) in [5.41, 5.74) is 5.37. The van der Waals surface area contributed by atoms with Crippen LogP contribution in [-0.2, 0) is 11.0 Å². The van der Waals surface area contributed by atoms with Crippen LogP contribution in [0.2, 0.25) is 0 Å². The van der Waals surface area contributed by atoms with Crippen LogP contribution < -0.4 is 5.73 Å². The molecule has 1 heterocycles. The Labute approximate surface area is 69.1 Å². The highest BCUT2D eigenvalue weighted by atomic mass is 79.9. The molecule has 0 fully saturated rings. The van der Waals surface area contributed by atoms with Crippen LogP contribution in [0.4, 0.5) is 5.82 Å². The molecular formula is C4H6BrN3OS. The van der Waals surface area contributed by atoms with Crippen LogP contribution in [0.15, 0.2) is 10.7 Å². The van der Waals surface area contributed by atoms with Crippen molar-refractivity contribution >= 4 is 32.7 Å². The molecule has 0 amide bonds. The zero-order valence-corrected chi connectivity index (χ0v) is 7.65. The van der Waals surface area contributed by atoms with Crippen molar-refractivity contribution in [3.63, 3.8) is 0 Å². The van der Waals surface area contributed by atoms with Gasteiger partial charge in [0, 0.05) is 6.26 Å². The zero-order chi connectivity index (χ0) is 7.72. The second-order valence-electron chi connectivity index (χ2n) is 1.69. The predicted octanol–water partition coefficient (Wildman–Crippen LogP) is 0.369. The molecule has 1 rings (SSSR count). The molecule has 1 unspecified atom stereocenters. The summed E-state index contributed by atoms with van der Waals surface area (Å²) in [5, 5.41) is 3.76. The topological polar surface area (TPSA) is 60.9 Å². The first-order valence-electron chi connectivity index (χ1n) is 2.46. The molecule has 0 aromatic carbocycles. The maximum absolute atomic E-state index is 10.7. The van der Waals surface area contributed by atoms with Crippen molar-refractivity contribution in [1.82, 2.24) is 9.19 Å². The normalized spacial score (nSPS) is 13.4. The Morgan fingerprint density at radius 1 is 1.90 bits per heavy atom. The fourth-order valence-corrected chi connectivity index (χ4v) is 1.34. The zero-order valence-electron chi connectivity index (χ0n) is 5.24. The van der Waals surface area contributed by atoms with Crippen LogP contribution in [-0.4, -0.2) is 19.7 Å². The molecule has 0 spiro atoms. The molecule has 1 aromatic rings. The van der Waals surface area contributed by atoms with E-state index < -0.39 is 11.0 Å². The van der Waals surface area contributed by atoms with Gasteiger partial charge in [-0.05, 0) is 15.9 Å². The van der Waals surface area contributed by atoms with Crippen molar-refractivity contribution in [2.75, 3.05) is 12.0 Å². The SMILES string of the molecule is CS(=O)n1cc(Br)c(N)n1. The van der Waals surface area contributed by atoms with E-state index in [-0.39, 0.29) is 0 Å². The molecule has 56 valence electrons. The standard InChI is InChI=1S/C4H6BrN3OS/c1-10(9)8-2-3(5)4(6)7-8/h2H,1H3,(H2,6,7). The summed E-state index contributed by atoms with van der Waals surface area (Å²) in [6.07, 6.45) is 3.10. The Balaban J connectivity index is 3.10. The monoisotopic (exact) mass is 223 g/mol. The average molecular weight is 224 g/mol. The number of nitrogens with two attached hydrogens (primary N) is 1. The van der Waals surface area contributed by atoms with Crippen LogP contribution in [0.25, 0.3) is 0 Å². The number of aromatic nitrogens is 2. The molecule has 0 aliphatic rings. The van der Waals surface area contributed by atoms with E-state index in [0.717, 1.165) is 0 Å². The summed E-state index contributed by atoms with van der Waals surface area (Å²) in [5.74, 6) is 0.357. The highest BCUT2D eigenvalue weighted by Gasteiger charge is 2.02. The van der Waals surface area contributed by atoms with Gasteiger partial charge in [0.25, 0.3) is 0 Å². The lowest BCUT2D eigenvalue weighted by Gasteiger charge is -1.89. The van der Waals surface area contributed by atoms with Gasteiger partial charge in [0.1, 0.15) is 11.0 Å². The largest absolute Gasteiger partial charge is 0.381 e. The Morgan fingerprint density at radius 2 is 2.50 bits per heavy atom. The first-order valence-corrected chi connectivity index (χ1v) is 4.76. The summed E-state index contributed by atoms with van der Waals surface area (Å²) in [6.45, 7) is 0. The van der Waals surface area contributed by atoms with E-state index in [2.05, 4.69) is 21.0 Å². The summed E-state index contributed by atoms with van der Waals surface area (Å²) < 4.78 is 12.7. The van der Waals surface area contributed by atoms with Gasteiger partial charge in [-0.25, -0.2) is 4.21 Å². The molecule has 0 radical (unpaired) electrons. The summed E-state index contributed by atoms with van der Waals surface area (Å²) >= 11 is 3.14. The highest BCUT2D eigenvalue weighted by molar-refractivity contribution is 9.10. The van der Waals surface area contributed by atoms with E-state index in [0.29, 0.717) is 10.3 Å². The van der Waals surface area contributed by atoms with E-state index in [4.69, 9.17) is 5.73 Å². The maximum Gasteiger partial charge on any atom is 0.160 e. The van der Waals surface area contributed by atoms with E-state index in [1.165, 1.54) is 10.3 Å². The molecule has 4 nitrogen and oxygen atoms in total. The van der Waals surface area contributed by atoms with E-state index in [1.54, 1.807) is 6.20 Å². The number of rotatable bonds is 1. The van der Waals surface area contributed by atoms with Gasteiger partial charge in [-0.15, -0.1) is 5.10 Å². The number of hydrogen-bond acceptors (Lipinski definition) is 3. The van der Waals surface area contributed by atoms with Gasteiger partial charge in [-0.2, -0.15) is 4.09 Å². The van der Waals surface area contributed by atoms with Gasteiger partial charge >= 0.3 is 0 Å². The van der Waals surface area contributed by atoms with Crippen molar-refractivity contribution < 1.29 is 4.21 Å². The van der Waals surface area contributed by atoms with Crippen molar-refractivity contribution in [3.05, 3.63) is 10.7 Å². The quantitative estimate of drug-likeness (QED) is 0.749. The fourth-order valence-electron chi connectivity index (χ4n) is 0.478. The minimum atomic E-state index is -1.12. The third-order valence-corrected chi connectivity index (χ3v) is 2.26. The summed E-state index contributed by atoms with van der Waals surface area (Å²) in [7, 11) is -1.12. The number of hydrogen-bond donors (Lipinski definition) is 1. The number of nitrogen functional groups attached to an aromatic ring is 1. The summed E-state index contributed by atoms with van der Waals surface area (Å²) in [4.78, 5) is 0. The lowest BCUT2D eigenvalue weighted by Crippen LogP contribution is -2.02. The van der Waals surface area contributed by atoms with Crippen molar-refractivity contribution in [3.8, 4) is 0 Å². The molecule has 0 bridgehead atoms. The van der Waals surface area contributed by atoms with Crippen molar-refractivity contribution in [1.29, 1.82) is 0 Å². The molecule has 0 saturated heterocycles. The Bertz CT molecular complexity index is 252. The van der Waals surface area contributed by atoms with Crippen LogP contribution in [0.5, 0.6) is 0 Å². The number of halogens is 1. The molecule has 1 aromatic heterocycles. The highest BCUT2D eigenvalue weighted by Crippen LogP contribution is 2.15. The second-order valence-corrected chi connectivity index (χ2v) is 3.76. The van der Waals surface area contributed by atoms with Crippen LogP contribution >= 0.6 is 15.9 Å². The van der Waals surface area contributed by atoms with Gasteiger partial charge in [0.05, 0.1) is 10.7 Å². The molecule has 6 heteroatoms. The molecular weight excluding hydrogens is 218 g/mol. The number of nitrogens with zero attached hydrogens (tertiary/aromatic N) is 2. The maximum atomic E-state index is 10.7. The molecule has 1 atom stereocenters. The van der Waals surface area contributed by atoms with Gasteiger partial charge in [-0.3, -0.25) is 0 Å². The summed E-state index contributed by atoms with van der Waals surface area (Å²) in [6, 6.07) is 0. The van der Waals surface area contributed by atoms with Crippen molar-refractivity contribution in [2.45, 2.75) is 0 Å². The lowest BCUT2D eigenvalue weighted by molar-refractivity contribution is 0.675. The van der Waals surface area contributed by atoms with Crippen LogP contribution in [0.3, 0.4) is 0 Å². The van der Waals surface area contributed by atoms with Crippen LogP contribution in [0.1, 0.15) is 0 Å². The van der Waals surface area contributed by atoms with Gasteiger partial charge in [0.15, 0.2) is 5.82 Å². The third kappa shape index (κ3) is 1.38. The molecule has 0 saturated carbocycles. The first-order chi connectivity index (χ1) is 4.61. The van der Waals surface area contributed by atoms with Crippen molar-refractivity contribution in [2.24, 2.45) is 0 Å². The minimum Gasteiger partial charge on any atom is -0.381 e. The Kier molecular flexibility index (Phi) is 2.10. The van der Waals surface area contributed by atoms with Gasteiger partial charge in [0.2, 0.25) is 0 Å². The number of anilines is 1. The van der Waals surface area contributed by atoms with Gasteiger partial charge < -0.3 is 5.73 Å². The molecule has 10 heavy (non-hydrogen) atoms. The van der Waals surface area contributed by atoms with Gasteiger partial charge in [-0.1, -0.05) is 0 Å². The van der Waals surface area contributed by atoms with E-state index >= 15 is 0 Å². The molecule has 2 N–H and O–H groups in total. The first kappa shape index (κ1) is 7.74. The second kappa shape index (κ2) is 2.71. The Hall–Kier alpha value is -0.360. The lowest BCUT2D eigenvalue weighted by atomic mass is 10.7. The smallest absolute Gasteiger partial charge is 0.160 e. The fraction of sp³-hybridized carbons (Fsp3) is 0.250. The average Bonchev–Trinajstić information content (AvgIpc) is 2.13. The third-order valence-electron chi connectivity index (χ3n) is 0.938.